The molecule has 0 aliphatic carbocycles. The van der Waals surface area contributed by atoms with Crippen LogP contribution in [0.3, 0.4) is 0 Å². The molecule has 1 unspecified atom stereocenters. The minimum absolute atomic E-state index is 0.0630. The number of guanidine groups is 1. The number of amides is 1. The summed E-state index contributed by atoms with van der Waals surface area (Å²) in [5.74, 6) is -2.08. The topological polar surface area (TPSA) is 117 Å². The molecule has 0 saturated heterocycles. The standard InChI is InChI=1S/C18H20F3N5O3S/c1-18(9-30(28,29)26(2)17(22)25-18)12-7-11(4-5-13(12)19)24-16(27)14-6-3-10(8-23-14)15(20)21/h3-8,14-15,23H,9H2,1-2H3,(H2,22,25)(H,24,27)/t14?,18-/m0/s1. The molecule has 2 atom stereocenters. The van der Waals surface area contributed by atoms with Gasteiger partial charge in [0.2, 0.25) is 16.0 Å². The number of dihydropyridines is 1. The molecule has 3 rings (SSSR count). The number of rotatable bonds is 4. The Morgan fingerprint density at radius 3 is 2.70 bits per heavy atom. The van der Waals surface area contributed by atoms with Crippen LogP contribution in [0.5, 0.6) is 0 Å². The molecule has 0 radical (unpaired) electrons. The van der Waals surface area contributed by atoms with Gasteiger partial charge in [0, 0.05) is 30.1 Å². The average molecular weight is 443 g/mol. The lowest BCUT2D eigenvalue weighted by molar-refractivity contribution is -0.116. The number of carbonyl (C=O) groups is 1. The molecule has 8 nitrogen and oxygen atoms in total. The number of hydrogen-bond acceptors (Lipinski definition) is 6. The molecule has 0 fully saturated rings. The smallest absolute Gasteiger partial charge is 0.265 e. The highest BCUT2D eigenvalue weighted by Crippen LogP contribution is 2.34. The summed E-state index contributed by atoms with van der Waals surface area (Å²) in [4.78, 5) is 16.6. The quantitative estimate of drug-likeness (QED) is 0.648. The zero-order valence-electron chi connectivity index (χ0n) is 16.1. The molecule has 4 N–H and O–H groups in total. The van der Waals surface area contributed by atoms with E-state index in [1.165, 1.54) is 32.2 Å². The Morgan fingerprint density at radius 2 is 2.13 bits per heavy atom. The van der Waals surface area contributed by atoms with Gasteiger partial charge < -0.3 is 16.4 Å². The van der Waals surface area contributed by atoms with Crippen LogP contribution >= 0.6 is 0 Å². The predicted octanol–water partition coefficient (Wildman–Crippen LogP) is 1.25. The number of sulfonamides is 1. The van der Waals surface area contributed by atoms with Crippen LogP contribution in [0.25, 0.3) is 0 Å². The van der Waals surface area contributed by atoms with Crippen molar-refractivity contribution in [1.82, 2.24) is 9.62 Å². The van der Waals surface area contributed by atoms with Gasteiger partial charge in [-0.3, -0.25) is 4.79 Å². The van der Waals surface area contributed by atoms with Gasteiger partial charge in [0.1, 0.15) is 17.4 Å². The lowest BCUT2D eigenvalue weighted by atomic mass is 9.93. The summed E-state index contributed by atoms with van der Waals surface area (Å²) in [6.45, 7) is 1.43. The van der Waals surface area contributed by atoms with Gasteiger partial charge in [0.05, 0.1) is 5.75 Å². The fraction of sp³-hybridized carbons (Fsp3) is 0.333. The van der Waals surface area contributed by atoms with Crippen LogP contribution in [-0.4, -0.2) is 49.9 Å². The number of nitrogens with zero attached hydrogens (tertiary/aromatic N) is 2. The second kappa shape index (κ2) is 7.67. The first-order chi connectivity index (χ1) is 13.9. The van der Waals surface area contributed by atoms with Gasteiger partial charge in [-0.25, -0.2) is 30.9 Å². The first-order valence-electron chi connectivity index (χ1n) is 8.78. The fourth-order valence-corrected chi connectivity index (χ4v) is 4.57. The normalized spacial score (nSPS) is 25.4. The molecule has 12 heteroatoms. The summed E-state index contributed by atoms with van der Waals surface area (Å²) < 4.78 is 65.3. The van der Waals surface area contributed by atoms with E-state index < -0.39 is 45.5 Å². The van der Waals surface area contributed by atoms with Crippen LogP contribution in [0.1, 0.15) is 12.5 Å². The molecular formula is C18H20F3N5O3S. The lowest BCUT2D eigenvalue weighted by Crippen LogP contribution is -2.50. The van der Waals surface area contributed by atoms with E-state index in [2.05, 4.69) is 15.6 Å². The average Bonchev–Trinajstić information content (AvgIpc) is 2.67. The molecule has 0 saturated carbocycles. The van der Waals surface area contributed by atoms with Gasteiger partial charge in [0.25, 0.3) is 12.3 Å². The second-order valence-corrected chi connectivity index (χ2v) is 9.10. The Morgan fingerprint density at radius 1 is 1.43 bits per heavy atom. The van der Waals surface area contributed by atoms with Crippen LogP contribution < -0.4 is 16.4 Å². The van der Waals surface area contributed by atoms with Crippen molar-refractivity contribution in [3.05, 3.63) is 53.5 Å². The minimum atomic E-state index is -3.81. The summed E-state index contributed by atoms with van der Waals surface area (Å²) in [6, 6.07) is 2.74. The fourth-order valence-electron chi connectivity index (χ4n) is 3.12. The SMILES string of the molecule is CN1C(N)=N[C@](C)(c2cc(NC(=O)C3C=CC(C(F)F)=CN3)ccc2F)CS1(=O)=O. The molecule has 162 valence electrons. The zero-order valence-corrected chi connectivity index (χ0v) is 16.9. The first kappa shape index (κ1) is 21.7. The third kappa shape index (κ3) is 4.13. The van der Waals surface area contributed by atoms with Crippen molar-refractivity contribution >= 4 is 27.6 Å². The highest BCUT2D eigenvalue weighted by atomic mass is 32.2. The molecule has 1 aromatic carbocycles. The van der Waals surface area contributed by atoms with E-state index in [0.29, 0.717) is 0 Å². The summed E-state index contributed by atoms with van der Waals surface area (Å²) in [5.41, 5.74) is 4.06. The number of carbonyl (C=O) groups excluding carboxylic acids is 1. The van der Waals surface area contributed by atoms with Gasteiger partial charge in [-0.2, -0.15) is 0 Å². The molecule has 1 aromatic rings. The summed E-state index contributed by atoms with van der Waals surface area (Å²) in [6.07, 6.45) is 0.796. The Balaban J connectivity index is 1.85. The Labute approximate surface area is 171 Å². The molecular weight excluding hydrogens is 423 g/mol. The maximum atomic E-state index is 14.6. The van der Waals surface area contributed by atoms with Gasteiger partial charge in [0.15, 0.2) is 0 Å². The third-order valence-corrected chi connectivity index (χ3v) is 6.77. The number of nitrogens with one attached hydrogen (secondary N) is 2. The monoisotopic (exact) mass is 443 g/mol. The number of nitrogens with two attached hydrogens (primary N) is 1. The van der Waals surface area contributed by atoms with Crippen molar-refractivity contribution in [2.75, 3.05) is 18.1 Å². The molecule has 2 aliphatic heterocycles. The highest BCUT2D eigenvalue weighted by Gasteiger charge is 2.41. The van der Waals surface area contributed by atoms with E-state index in [4.69, 9.17) is 5.73 Å². The molecule has 1 amide bonds. The number of allylic oxidation sites excluding steroid dienone is 2. The van der Waals surface area contributed by atoms with Gasteiger partial charge in [-0.1, -0.05) is 12.2 Å². The molecule has 0 spiro atoms. The van der Waals surface area contributed by atoms with Crippen LogP contribution in [0.4, 0.5) is 18.9 Å². The number of hydrogen-bond donors (Lipinski definition) is 3. The van der Waals surface area contributed by atoms with E-state index in [1.54, 1.807) is 0 Å². The minimum Gasteiger partial charge on any atom is -0.376 e. The van der Waals surface area contributed by atoms with E-state index in [0.717, 1.165) is 22.6 Å². The molecule has 2 heterocycles. The zero-order chi connectivity index (χ0) is 22.3. The van der Waals surface area contributed by atoms with Crippen LogP contribution in [0.15, 0.2) is 47.1 Å². The molecule has 0 bridgehead atoms. The molecule has 0 aromatic heterocycles. The van der Waals surface area contributed by atoms with E-state index in [9.17, 15) is 26.4 Å². The van der Waals surface area contributed by atoms with Crippen molar-refractivity contribution in [3.63, 3.8) is 0 Å². The maximum absolute atomic E-state index is 14.6. The van der Waals surface area contributed by atoms with Crippen LogP contribution in [-0.2, 0) is 20.4 Å². The van der Waals surface area contributed by atoms with Crippen LogP contribution in [0, 0.1) is 5.82 Å². The van der Waals surface area contributed by atoms with Crippen molar-refractivity contribution < 1.29 is 26.4 Å². The number of halogens is 3. The summed E-state index contributed by atoms with van der Waals surface area (Å²) in [5, 5.41) is 5.10. The number of anilines is 1. The maximum Gasteiger partial charge on any atom is 0.265 e. The first-order valence-corrected chi connectivity index (χ1v) is 10.4. The molecule has 30 heavy (non-hydrogen) atoms. The van der Waals surface area contributed by atoms with E-state index >= 15 is 0 Å². The van der Waals surface area contributed by atoms with Gasteiger partial charge in [-0.15, -0.1) is 0 Å². The summed E-state index contributed by atoms with van der Waals surface area (Å²) in [7, 11) is -2.56. The Kier molecular flexibility index (Phi) is 5.54. The number of benzene rings is 1. The van der Waals surface area contributed by atoms with Crippen molar-refractivity contribution in [1.29, 1.82) is 0 Å². The highest BCUT2D eigenvalue weighted by molar-refractivity contribution is 7.89. The Bertz CT molecular complexity index is 1070. The van der Waals surface area contributed by atoms with Gasteiger partial charge in [-0.05, 0) is 25.1 Å². The molecule has 2 aliphatic rings. The van der Waals surface area contributed by atoms with E-state index in [1.807, 2.05) is 0 Å². The second-order valence-electron chi connectivity index (χ2n) is 7.10. The van der Waals surface area contributed by atoms with Crippen LogP contribution in [0.2, 0.25) is 0 Å². The van der Waals surface area contributed by atoms with Crippen molar-refractivity contribution in [2.24, 2.45) is 10.7 Å². The van der Waals surface area contributed by atoms with Crippen molar-refractivity contribution in [3.8, 4) is 0 Å². The third-order valence-electron chi connectivity index (χ3n) is 4.82. The largest absolute Gasteiger partial charge is 0.376 e. The Hall–Kier alpha value is -3.02. The van der Waals surface area contributed by atoms with Crippen molar-refractivity contribution in [2.45, 2.75) is 24.9 Å². The van der Waals surface area contributed by atoms with Gasteiger partial charge >= 0.3 is 0 Å². The van der Waals surface area contributed by atoms with E-state index in [-0.39, 0.29) is 22.8 Å². The summed E-state index contributed by atoms with van der Waals surface area (Å²) >= 11 is 0. The number of alkyl halides is 2. The predicted molar refractivity (Wildman–Crippen MR) is 106 cm³/mol. The lowest BCUT2D eigenvalue weighted by Gasteiger charge is -2.34. The number of aliphatic imine (C=N–C) groups is 1.